The molecule has 6 rings (SSSR count). The van der Waals surface area contributed by atoms with Crippen LogP contribution in [0, 0.1) is 17.8 Å². The summed E-state index contributed by atoms with van der Waals surface area (Å²) < 4.78 is 45.5. The monoisotopic (exact) mass is 691 g/mol. The summed E-state index contributed by atoms with van der Waals surface area (Å²) in [5.41, 5.74) is 0.253. The number of benzene rings is 1. The van der Waals surface area contributed by atoms with Gasteiger partial charge in [-0.15, -0.1) is 0 Å². The van der Waals surface area contributed by atoms with Crippen LogP contribution in [0.3, 0.4) is 0 Å². The van der Waals surface area contributed by atoms with Gasteiger partial charge in [0.1, 0.15) is 5.69 Å². The van der Waals surface area contributed by atoms with Gasteiger partial charge in [0.2, 0.25) is 0 Å². The van der Waals surface area contributed by atoms with Crippen molar-refractivity contribution in [3.63, 3.8) is 0 Å². The Morgan fingerprint density at radius 1 is 1.11 bits per heavy atom. The van der Waals surface area contributed by atoms with Crippen LogP contribution in [0.25, 0.3) is 0 Å². The predicted molar refractivity (Wildman–Crippen MR) is 154 cm³/mol. The second-order valence-corrected chi connectivity index (χ2v) is 12.1. The first kappa shape index (κ1) is 30.1. The Balaban J connectivity index is 1.43. The molecule has 0 bridgehead atoms. The molecule has 1 aromatic heterocycles. The van der Waals surface area contributed by atoms with Gasteiger partial charge in [-0.2, -0.15) is 18.2 Å². The summed E-state index contributed by atoms with van der Waals surface area (Å²) >= 11 is 9.33. The second kappa shape index (κ2) is 10.6. The zero-order chi connectivity index (χ0) is 31.8. The number of methoxy groups -OCH3 is 1. The van der Waals surface area contributed by atoms with Gasteiger partial charge >= 0.3 is 6.18 Å². The number of carbonyl (C=O) groups is 4. The Labute approximate surface area is 261 Å². The molecule has 2 amide bonds. The van der Waals surface area contributed by atoms with Gasteiger partial charge in [-0.05, 0) is 64.5 Å². The van der Waals surface area contributed by atoms with Crippen molar-refractivity contribution in [3.05, 3.63) is 80.0 Å². The Hall–Kier alpha value is -3.97. The van der Waals surface area contributed by atoms with Crippen LogP contribution in [0.4, 0.5) is 19.0 Å². The summed E-state index contributed by atoms with van der Waals surface area (Å²) in [6, 6.07) is 6.29. The highest BCUT2D eigenvalue weighted by atomic mass is 79.9. The quantitative estimate of drug-likeness (QED) is 0.262. The van der Waals surface area contributed by atoms with Crippen molar-refractivity contribution < 1.29 is 42.2 Å². The van der Waals surface area contributed by atoms with E-state index in [4.69, 9.17) is 16.3 Å². The number of hydrogen-bond acceptors (Lipinski definition) is 8. The van der Waals surface area contributed by atoms with Crippen LogP contribution >= 0.6 is 27.5 Å². The lowest BCUT2D eigenvalue weighted by Gasteiger charge is -2.42. The van der Waals surface area contributed by atoms with Gasteiger partial charge in [0, 0.05) is 30.2 Å². The summed E-state index contributed by atoms with van der Waals surface area (Å²) in [4.78, 5) is 58.1. The van der Waals surface area contributed by atoms with Gasteiger partial charge in [0.15, 0.2) is 28.9 Å². The molecule has 0 radical (unpaired) electrons. The van der Waals surface area contributed by atoms with E-state index < -0.39 is 64.7 Å². The number of hydrazine groups is 1. The molecule has 44 heavy (non-hydrogen) atoms. The molecule has 0 saturated carbocycles. The second-order valence-electron chi connectivity index (χ2n) is 10.8. The van der Waals surface area contributed by atoms with Crippen LogP contribution in [-0.4, -0.2) is 52.6 Å². The average Bonchev–Trinajstić information content (AvgIpc) is 3.23. The third-order valence-corrected chi connectivity index (χ3v) is 9.45. The van der Waals surface area contributed by atoms with Gasteiger partial charge in [0.25, 0.3) is 11.8 Å². The molecule has 1 N–H and O–H groups in total. The molecule has 1 aromatic carbocycles. The number of aromatic nitrogens is 1. The van der Waals surface area contributed by atoms with Crippen LogP contribution in [0.1, 0.15) is 30.0 Å². The molecule has 1 aliphatic heterocycles. The number of hydrogen-bond donors (Lipinski definition) is 1. The van der Waals surface area contributed by atoms with Gasteiger partial charge < -0.3 is 9.84 Å². The number of phenolic OH excluding ortho intramolecular Hbond substituents is 1. The molecule has 9 nitrogen and oxygen atoms in total. The Bertz CT molecular complexity index is 1770. The van der Waals surface area contributed by atoms with Crippen molar-refractivity contribution in [2.75, 3.05) is 19.2 Å². The van der Waals surface area contributed by atoms with Gasteiger partial charge in [-0.1, -0.05) is 29.3 Å². The van der Waals surface area contributed by atoms with Crippen molar-refractivity contribution in [2.24, 2.45) is 17.8 Å². The number of ketones is 2. The maximum absolute atomic E-state index is 14.1. The minimum atomic E-state index is -4.79. The van der Waals surface area contributed by atoms with Gasteiger partial charge in [-0.3, -0.25) is 24.2 Å². The molecule has 14 heteroatoms. The third-order valence-electron chi connectivity index (χ3n) is 8.57. The molecular formula is C30H22BrClF3N3O6. The Kier molecular flexibility index (Phi) is 7.23. The minimum absolute atomic E-state index is 0.0202. The van der Waals surface area contributed by atoms with E-state index in [2.05, 4.69) is 20.9 Å². The lowest BCUT2D eigenvalue weighted by Crippen LogP contribution is -2.46. The number of amides is 2. The van der Waals surface area contributed by atoms with Crippen LogP contribution in [-0.2, 0) is 25.4 Å². The highest BCUT2D eigenvalue weighted by Gasteiger charge is 2.57. The normalized spacial score (nSPS) is 24.9. The van der Waals surface area contributed by atoms with E-state index in [0.717, 1.165) is 16.1 Å². The number of Topliss-reactive ketones (excluding diaryl/α,β-unsaturated/α-hetero) is 1. The predicted octanol–water partition coefficient (Wildman–Crippen LogP) is 5.28. The van der Waals surface area contributed by atoms with Gasteiger partial charge in [-0.25, -0.2) is 4.98 Å². The van der Waals surface area contributed by atoms with Gasteiger partial charge in [0.05, 0.1) is 28.5 Å². The van der Waals surface area contributed by atoms with E-state index in [1.807, 2.05) is 0 Å². The summed E-state index contributed by atoms with van der Waals surface area (Å²) in [5, 5.41) is 12.0. The third kappa shape index (κ3) is 4.55. The molecule has 3 aliphatic carbocycles. The number of rotatable bonds is 4. The number of pyridine rings is 1. The fourth-order valence-corrected chi connectivity index (χ4v) is 7.34. The highest BCUT2D eigenvalue weighted by Crippen LogP contribution is 2.56. The van der Waals surface area contributed by atoms with Crippen molar-refractivity contribution in [2.45, 2.75) is 24.9 Å². The largest absolute Gasteiger partial charge is 0.504 e. The van der Waals surface area contributed by atoms with Crippen molar-refractivity contribution in [3.8, 4) is 11.5 Å². The number of alkyl halides is 3. The molecular weight excluding hydrogens is 671 g/mol. The molecule has 1 saturated heterocycles. The topological polar surface area (TPSA) is 117 Å². The van der Waals surface area contributed by atoms with Crippen LogP contribution in [0.15, 0.2) is 63.7 Å². The smallest absolute Gasteiger partial charge is 0.433 e. The zero-order valence-electron chi connectivity index (χ0n) is 23.0. The SMILES string of the molecule is COc1ccc(C2C3=CCC4C(=O)N(N(C)c5nc(C(F)(F)F)ccc5Cl)C(=O)C4C3CC3=C2C(=O)C=C(Br)C3=O)cc1O. The molecule has 228 valence electrons. The van der Waals surface area contributed by atoms with E-state index in [9.17, 15) is 37.5 Å². The average molecular weight is 693 g/mol. The molecule has 2 heterocycles. The fraction of sp³-hybridized carbons (Fsp3) is 0.300. The lowest BCUT2D eigenvalue weighted by molar-refractivity contribution is -0.141. The van der Waals surface area contributed by atoms with Crippen LogP contribution in [0.2, 0.25) is 5.02 Å². The fourth-order valence-electron chi connectivity index (χ4n) is 6.66. The first-order valence-corrected chi connectivity index (χ1v) is 14.5. The van der Waals surface area contributed by atoms with E-state index in [1.54, 1.807) is 12.1 Å². The number of aromatic hydroxyl groups is 1. The first-order valence-electron chi connectivity index (χ1n) is 13.4. The van der Waals surface area contributed by atoms with Crippen molar-refractivity contribution >= 4 is 56.7 Å². The van der Waals surface area contributed by atoms with Crippen LogP contribution < -0.4 is 9.75 Å². The van der Waals surface area contributed by atoms with E-state index in [-0.39, 0.29) is 45.0 Å². The van der Waals surface area contributed by atoms with Crippen LogP contribution in [0.5, 0.6) is 11.5 Å². The summed E-state index contributed by atoms with van der Waals surface area (Å²) in [6.07, 6.45) is -1.75. The number of carbonyl (C=O) groups excluding carboxylic acids is 4. The number of nitrogens with zero attached hydrogens (tertiary/aromatic N) is 3. The van der Waals surface area contributed by atoms with Crippen molar-refractivity contribution in [1.29, 1.82) is 0 Å². The number of halogens is 5. The number of anilines is 1. The van der Waals surface area contributed by atoms with Crippen molar-refractivity contribution in [1.82, 2.24) is 9.99 Å². The lowest BCUT2D eigenvalue weighted by atomic mass is 9.59. The number of fused-ring (bicyclic) bond motifs is 3. The molecule has 4 aliphatic rings. The maximum Gasteiger partial charge on any atom is 0.433 e. The zero-order valence-corrected chi connectivity index (χ0v) is 25.3. The minimum Gasteiger partial charge on any atom is -0.504 e. The molecule has 0 spiro atoms. The highest BCUT2D eigenvalue weighted by molar-refractivity contribution is 9.12. The molecule has 4 atom stereocenters. The number of phenols is 1. The summed E-state index contributed by atoms with van der Waals surface area (Å²) in [5.74, 6) is -6.04. The van der Waals surface area contributed by atoms with E-state index in [0.29, 0.717) is 17.2 Å². The summed E-state index contributed by atoms with van der Waals surface area (Å²) in [6.45, 7) is 0. The number of allylic oxidation sites excluding steroid dienone is 6. The number of imide groups is 1. The first-order chi connectivity index (χ1) is 20.7. The van der Waals surface area contributed by atoms with E-state index in [1.165, 1.54) is 32.4 Å². The molecule has 4 unspecified atom stereocenters. The standard InChI is InChI=1S/C30H22BrClF3N3O6/c1-37(27-18(32)6-8-22(36-27)30(33,34)35)38-28(42)14-5-4-13-15(24(14)29(38)43)10-16-25(20(40)11-17(31)26(16)41)23(13)12-3-7-21(44-2)19(39)9-12/h3-4,6-9,11,14-15,23-24,39H,5,10H2,1-2H3. The Morgan fingerprint density at radius 3 is 2.50 bits per heavy atom. The molecule has 2 aromatic rings. The molecule has 1 fully saturated rings. The number of ether oxygens (including phenoxy) is 1. The summed E-state index contributed by atoms with van der Waals surface area (Å²) in [7, 11) is 2.61. The van der Waals surface area contributed by atoms with E-state index >= 15 is 0 Å². The Morgan fingerprint density at radius 2 is 1.84 bits per heavy atom. The maximum atomic E-state index is 14.1.